The van der Waals surface area contributed by atoms with Gasteiger partial charge < -0.3 is 20.3 Å². The zero-order chi connectivity index (χ0) is 26.8. The Labute approximate surface area is 221 Å². The lowest BCUT2D eigenvalue weighted by Crippen LogP contribution is -2.35. The fourth-order valence-electron chi connectivity index (χ4n) is 4.09. The molecule has 3 aromatic rings. The first-order valence-corrected chi connectivity index (χ1v) is 12.8. The Morgan fingerprint density at radius 1 is 1.16 bits per heavy atom. The molecule has 1 saturated heterocycles. The van der Waals surface area contributed by atoms with E-state index in [1.54, 1.807) is 13.0 Å². The van der Waals surface area contributed by atoms with Gasteiger partial charge in [-0.05, 0) is 83.9 Å². The standard InChI is InChI=1S/C18H22N2OS.C10H11NO4/c1-14-11-17(22-19)5-6-18(14)16-4-2-3-15(12-16)13-20-7-9-21-10-8-20;1-6(11-5-12)7-2-3-8(10(14)15)9(13)4-7/h2-6,11-12H,7-10,13,19H2,1H3;2-6,13H,1H3,(H,11,12)(H,14,15). The number of carbonyl (C=O) groups is 2. The van der Waals surface area contributed by atoms with Crippen molar-refractivity contribution >= 4 is 24.3 Å². The summed E-state index contributed by atoms with van der Waals surface area (Å²) in [7, 11) is 0. The molecule has 3 aromatic carbocycles. The maximum atomic E-state index is 10.6. The van der Waals surface area contributed by atoms with E-state index in [0.717, 1.165) is 37.7 Å². The summed E-state index contributed by atoms with van der Waals surface area (Å²) in [6.45, 7) is 8.59. The Morgan fingerprint density at radius 3 is 2.54 bits per heavy atom. The van der Waals surface area contributed by atoms with Crippen LogP contribution in [-0.2, 0) is 16.1 Å². The van der Waals surface area contributed by atoms with Crippen LogP contribution in [0.2, 0.25) is 0 Å². The highest BCUT2D eigenvalue weighted by Crippen LogP contribution is 2.27. The zero-order valence-electron chi connectivity index (χ0n) is 21.0. The Morgan fingerprint density at radius 2 is 1.92 bits per heavy atom. The molecule has 1 aliphatic heterocycles. The quantitative estimate of drug-likeness (QED) is 0.254. The molecule has 1 unspecified atom stereocenters. The van der Waals surface area contributed by atoms with Crippen molar-refractivity contribution < 1.29 is 24.5 Å². The van der Waals surface area contributed by atoms with Crippen molar-refractivity contribution in [2.24, 2.45) is 5.14 Å². The van der Waals surface area contributed by atoms with Gasteiger partial charge in [-0.1, -0.05) is 30.3 Å². The van der Waals surface area contributed by atoms with Gasteiger partial charge in [0.1, 0.15) is 11.3 Å². The van der Waals surface area contributed by atoms with Crippen LogP contribution in [0, 0.1) is 6.92 Å². The van der Waals surface area contributed by atoms with Gasteiger partial charge >= 0.3 is 5.97 Å². The number of hydrogen-bond donors (Lipinski definition) is 4. The molecule has 37 heavy (non-hydrogen) atoms. The van der Waals surface area contributed by atoms with Crippen LogP contribution >= 0.6 is 11.9 Å². The highest BCUT2D eigenvalue weighted by molar-refractivity contribution is 7.97. The first-order valence-electron chi connectivity index (χ1n) is 11.9. The number of hydrogen-bond acceptors (Lipinski definition) is 7. The molecule has 1 aliphatic rings. The number of aryl methyl sites for hydroxylation is 1. The molecular formula is C28H33N3O5S. The number of nitrogens with one attached hydrogen (secondary N) is 1. The van der Waals surface area contributed by atoms with E-state index in [0.29, 0.717) is 12.0 Å². The number of phenols is 1. The van der Waals surface area contributed by atoms with Crippen molar-refractivity contribution in [1.29, 1.82) is 0 Å². The summed E-state index contributed by atoms with van der Waals surface area (Å²) in [6.07, 6.45) is 0.548. The summed E-state index contributed by atoms with van der Waals surface area (Å²) in [4.78, 5) is 24.3. The summed E-state index contributed by atoms with van der Waals surface area (Å²) in [6, 6.07) is 19.1. The summed E-state index contributed by atoms with van der Waals surface area (Å²) < 4.78 is 5.41. The first kappa shape index (κ1) is 28.2. The summed E-state index contributed by atoms with van der Waals surface area (Å²) in [5.41, 5.74) is 5.66. The topological polar surface area (TPSA) is 125 Å². The summed E-state index contributed by atoms with van der Waals surface area (Å²) >= 11 is 1.29. The molecule has 1 heterocycles. The molecule has 1 amide bonds. The fourth-order valence-corrected chi connectivity index (χ4v) is 4.48. The lowest BCUT2D eigenvalue weighted by atomic mass is 9.99. The second-order valence-electron chi connectivity index (χ2n) is 8.77. The molecule has 9 heteroatoms. The number of carbonyl (C=O) groups excluding carboxylic acids is 1. The molecule has 0 saturated carbocycles. The van der Waals surface area contributed by atoms with Crippen LogP contribution < -0.4 is 10.5 Å². The van der Waals surface area contributed by atoms with Crippen molar-refractivity contribution in [1.82, 2.24) is 10.2 Å². The van der Waals surface area contributed by atoms with E-state index < -0.39 is 5.97 Å². The number of ether oxygens (including phenoxy) is 1. The molecule has 0 bridgehead atoms. The largest absolute Gasteiger partial charge is 0.507 e. The number of aromatic carboxylic acids is 1. The van der Waals surface area contributed by atoms with E-state index in [1.165, 1.54) is 46.3 Å². The van der Waals surface area contributed by atoms with Crippen molar-refractivity contribution in [2.45, 2.75) is 31.3 Å². The Hall–Kier alpha value is -3.37. The highest BCUT2D eigenvalue weighted by atomic mass is 32.2. The smallest absolute Gasteiger partial charge is 0.339 e. The number of rotatable bonds is 8. The summed E-state index contributed by atoms with van der Waals surface area (Å²) in [5.74, 6) is -1.49. The molecule has 4 rings (SSSR count). The zero-order valence-corrected chi connectivity index (χ0v) is 21.8. The van der Waals surface area contributed by atoms with Crippen LogP contribution in [-0.4, -0.2) is 53.8 Å². The minimum absolute atomic E-state index is 0.156. The van der Waals surface area contributed by atoms with Crippen LogP contribution in [0.3, 0.4) is 0 Å². The van der Waals surface area contributed by atoms with E-state index in [1.807, 2.05) is 0 Å². The lowest BCUT2D eigenvalue weighted by Gasteiger charge is -2.26. The predicted octanol–water partition coefficient (Wildman–Crippen LogP) is 4.36. The molecule has 1 atom stereocenters. The second kappa shape index (κ2) is 13.8. The van der Waals surface area contributed by atoms with Gasteiger partial charge in [0.15, 0.2) is 0 Å². The van der Waals surface area contributed by atoms with E-state index in [9.17, 15) is 14.7 Å². The van der Waals surface area contributed by atoms with Gasteiger partial charge in [-0.2, -0.15) is 0 Å². The maximum absolute atomic E-state index is 10.6. The Kier molecular flexibility index (Phi) is 10.5. The third kappa shape index (κ3) is 8.06. The number of morpholine rings is 1. The van der Waals surface area contributed by atoms with Crippen LogP contribution in [0.1, 0.15) is 40.0 Å². The van der Waals surface area contributed by atoms with E-state index >= 15 is 0 Å². The normalized spacial score (nSPS) is 14.2. The summed E-state index contributed by atoms with van der Waals surface area (Å²) in [5, 5.41) is 26.2. The first-order chi connectivity index (χ1) is 17.8. The van der Waals surface area contributed by atoms with Gasteiger partial charge in [0, 0.05) is 24.5 Å². The Balaban J connectivity index is 0.000000222. The Bertz CT molecular complexity index is 1210. The van der Waals surface area contributed by atoms with Gasteiger partial charge in [0.25, 0.3) is 0 Å². The molecule has 5 N–H and O–H groups in total. The van der Waals surface area contributed by atoms with Crippen LogP contribution in [0.25, 0.3) is 11.1 Å². The molecule has 8 nitrogen and oxygen atoms in total. The van der Waals surface area contributed by atoms with E-state index in [2.05, 4.69) is 59.6 Å². The second-order valence-corrected chi connectivity index (χ2v) is 9.48. The number of benzene rings is 3. The van der Waals surface area contributed by atoms with Gasteiger partial charge in [-0.25, -0.2) is 4.79 Å². The average Bonchev–Trinajstić information content (AvgIpc) is 2.89. The van der Waals surface area contributed by atoms with Crippen LogP contribution in [0.15, 0.2) is 65.6 Å². The van der Waals surface area contributed by atoms with Gasteiger partial charge in [0.2, 0.25) is 6.41 Å². The van der Waals surface area contributed by atoms with Crippen LogP contribution in [0.5, 0.6) is 5.75 Å². The van der Waals surface area contributed by atoms with Crippen molar-refractivity contribution in [3.05, 3.63) is 82.9 Å². The maximum Gasteiger partial charge on any atom is 0.339 e. The van der Waals surface area contributed by atoms with Crippen molar-refractivity contribution in [3.63, 3.8) is 0 Å². The van der Waals surface area contributed by atoms with Gasteiger partial charge in [-0.3, -0.25) is 14.8 Å². The van der Waals surface area contributed by atoms with E-state index in [4.69, 9.17) is 15.0 Å². The van der Waals surface area contributed by atoms with Gasteiger partial charge in [0.05, 0.1) is 19.3 Å². The highest BCUT2D eigenvalue weighted by Gasteiger charge is 2.13. The molecule has 0 aliphatic carbocycles. The van der Waals surface area contributed by atoms with Crippen molar-refractivity contribution in [3.8, 4) is 16.9 Å². The number of aromatic hydroxyl groups is 1. The van der Waals surface area contributed by atoms with E-state index in [-0.39, 0.29) is 17.4 Å². The number of nitrogens with zero attached hydrogens (tertiary/aromatic N) is 1. The molecule has 0 aromatic heterocycles. The number of carboxylic acids is 1. The fraction of sp³-hybridized carbons (Fsp3) is 0.286. The van der Waals surface area contributed by atoms with Crippen LogP contribution in [0.4, 0.5) is 0 Å². The van der Waals surface area contributed by atoms with Crippen molar-refractivity contribution in [2.75, 3.05) is 26.3 Å². The molecule has 196 valence electrons. The lowest BCUT2D eigenvalue weighted by molar-refractivity contribution is -0.110. The third-order valence-corrected chi connectivity index (χ3v) is 6.68. The molecule has 0 radical (unpaired) electrons. The minimum atomic E-state index is -1.19. The molecule has 0 spiro atoms. The minimum Gasteiger partial charge on any atom is -0.507 e. The molecular weight excluding hydrogens is 490 g/mol. The number of nitrogens with two attached hydrogens (primary N) is 1. The molecule has 1 fully saturated rings. The number of amides is 1. The predicted molar refractivity (Wildman–Crippen MR) is 145 cm³/mol. The monoisotopic (exact) mass is 523 g/mol. The SMILES string of the molecule is CC(NC=O)c1ccc(C(=O)O)c(O)c1.Cc1cc(SN)ccc1-c1cccc(CN2CCOCC2)c1. The third-order valence-electron chi connectivity index (χ3n) is 6.15. The number of carboxylic acid groups (broad SMARTS) is 1. The van der Waals surface area contributed by atoms with Gasteiger partial charge in [-0.15, -0.1) is 0 Å². The average molecular weight is 524 g/mol.